The van der Waals surface area contributed by atoms with Crippen LogP contribution >= 0.6 is 0 Å². The molecular formula is C9H9N3O3. The van der Waals surface area contributed by atoms with Gasteiger partial charge in [0.1, 0.15) is 0 Å². The van der Waals surface area contributed by atoms with Gasteiger partial charge in [-0.3, -0.25) is 9.89 Å². The molecule has 0 amide bonds. The van der Waals surface area contributed by atoms with E-state index in [1.165, 1.54) is 4.52 Å². The monoisotopic (exact) mass is 207 g/mol. The molecule has 2 aromatic rings. The smallest absolute Gasteiger partial charge is 0.357 e. The SMILES string of the molecule is CCOC(=O)c1cc(=O)n2[nH]ccc2n1. The third kappa shape index (κ3) is 1.61. The highest BCUT2D eigenvalue weighted by molar-refractivity contribution is 5.87. The van der Waals surface area contributed by atoms with Gasteiger partial charge in [0.25, 0.3) is 5.56 Å². The fourth-order valence-corrected chi connectivity index (χ4v) is 1.24. The van der Waals surface area contributed by atoms with Crippen molar-refractivity contribution in [3.63, 3.8) is 0 Å². The molecule has 0 unspecified atom stereocenters. The zero-order valence-electron chi connectivity index (χ0n) is 8.06. The first-order chi connectivity index (χ1) is 7.22. The second-order valence-electron chi connectivity index (χ2n) is 2.86. The average Bonchev–Trinajstić information content (AvgIpc) is 2.66. The molecule has 0 spiro atoms. The number of hydrogen-bond donors (Lipinski definition) is 1. The number of aromatic amines is 1. The number of H-pyrrole nitrogens is 1. The number of esters is 1. The molecule has 6 nitrogen and oxygen atoms in total. The van der Waals surface area contributed by atoms with Gasteiger partial charge in [0.05, 0.1) is 6.61 Å². The summed E-state index contributed by atoms with van der Waals surface area (Å²) in [6.07, 6.45) is 1.57. The molecule has 0 atom stereocenters. The van der Waals surface area contributed by atoms with Crippen LogP contribution in [0, 0.1) is 0 Å². The molecule has 0 aliphatic rings. The van der Waals surface area contributed by atoms with Crippen LogP contribution in [0.2, 0.25) is 0 Å². The molecule has 78 valence electrons. The zero-order valence-corrected chi connectivity index (χ0v) is 8.06. The molecule has 0 bridgehead atoms. The summed E-state index contributed by atoms with van der Waals surface area (Å²) >= 11 is 0. The van der Waals surface area contributed by atoms with Gasteiger partial charge in [0.15, 0.2) is 11.3 Å². The van der Waals surface area contributed by atoms with Crippen molar-refractivity contribution >= 4 is 11.6 Å². The van der Waals surface area contributed by atoms with E-state index in [-0.39, 0.29) is 17.9 Å². The van der Waals surface area contributed by atoms with E-state index >= 15 is 0 Å². The molecule has 0 aromatic carbocycles. The lowest BCUT2D eigenvalue weighted by Crippen LogP contribution is -2.18. The lowest BCUT2D eigenvalue weighted by Gasteiger charge is -2.00. The summed E-state index contributed by atoms with van der Waals surface area (Å²) in [5.41, 5.74) is 0.0834. The molecule has 15 heavy (non-hydrogen) atoms. The molecule has 2 rings (SSSR count). The lowest BCUT2D eigenvalue weighted by atomic mass is 10.4. The quantitative estimate of drug-likeness (QED) is 0.713. The first kappa shape index (κ1) is 9.45. The second-order valence-corrected chi connectivity index (χ2v) is 2.86. The Balaban J connectivity index is 2.54. The van der Waals surface area contributed by atoms with E-state index in [4.69, 9.17) is 4.74 Å². The number of carbonyl (C=O) groups is 1. The Bertz CT molecular complexity index is 555. The summed E-state index contributed by atoms with van der Waals surface area (Å²) in [6, 6.07) is 2.74. The summed E-state index contributed by atoms with van der Waals surface area (Å²) in [5.74, 6) is -0.585. The summed E-state index contributed by atoms with van der Waals surface area (Å²) in [6.45, 7) is 1.95. The van der Waals surface area contributed by atoms with Gasteiger partial charge in [-0.05, 0) is 6.92 Å². The molecule has 1 N–H and O–H groups in total. The fraction of sp³-hybridized carbons (Fsp3) is 0.222. The van der Waals surface area contributed by atoms with Gasteiger partial charge in [-0.25, -0.2) is 14.3 Å². The number of carbonyl (C=O) groups excluding carboxylic acids is 1. The van der Waals surface area contributed by atoms with E-state index in [1.807, 2.05) is 0 Å². The first-order valence-electron chi connectivity index (χ1n) is 4.46. The van der Waals surface area contributed by atoms with Gasteiger partial charge in [0.2, 0.25) is 0 Å². The number of fused-ring (bicyclic) bond motifs is 1. The highest BCUT2D eigenvalue weighted by Gasteiger charge is 2.11. The molecule has 0 aliphatic heterocycles. The summed E-state index contributed by atoms with van der Waals surface area (Å²) in [5, 5.41) is 2.68. The Labute approximate surface area is 84.5 Å². The number of ether oxygens (including phenoxy) is 1. The number of nitrogens with zero attached hydrogens (tertiary/aromatic N) is 2. The Morgan fingerprint density at radius 1 is 1.67 bits per heavy atom. The van der Waals surface area contributed by atoms with Crippen molar-refractivity contribution in [1.82, 2.24) is 14.6 Å². The fourth-order valence-electron chi connectivity index (χ4n) is 1.24. The van der Waals surface area contributed by atoms with Crippen LogP contribution in [0.25, 0.3) is 5.65 Å². The second kappa shape index (κ2) is 3.56. The number of hydrogen-bond acceptors (Lipinski definition) is 4. The van der Waals surface area contributed by atoms with Gasteiger partial charge in [-0.1, -0.05) is 0 Å². The van der Waals surface area contributed by atoms with Crippen LogP contribution < -0.4 is 5.56 Å². The van der Waals surface area contributed by atoms with Gasteiger partial charge < -0.3 is 4.74 Å². The van der Waals surface area contributed by atoms with Gasteiger partial charge in [-0.15, -0.1) is 0 Å². The summed E-state index contributed by atoms with van der Waals surface area (Å²) in [7, 11) is 0. The molecule has 2 aromatic heterocycles. The molecule has 0 saturated carbocycles. The van der Waals surface area contributed by atoms with Gasteiger partial charge >= 0.3 is 5.97 Å². The topological polar surface area (TPSA) is 76.5 Å². The van der Waals surface area contributed by atoms with E-state index in [1.54, 1.807) is 19.2 Å². The van der Waals surface area contributed by atoms with Crippen LogP contribution in [-0.2, 0) is 4.74 Å². The molecule has 2 heterocycles. The van der Waals surface area contributed by atoms with Crippen molar-refractivity contribution in [3.8, 4) is 0 Å². The molecule has 0 radical (unpaired) electrons. The van der Waals surface area contributed by atoms with Gasteiger partial charge in [0, 0.05) is 18.3 Å². The predicted molar refractivity (Wildman–Crippen MR) is 51.8 cm³/mol. The van der Waals surface area contributed by atoms with E-state index in [2.05, 4.69) is 10.1 Å². The number of nitrogens with one attached hydrogen (secondary N) is 1. The lowest BCUT2D eigenvalue weighted by molar-refractivity contribution is 0.0519. The van der Waals surface area contributed by atoms with Crippen LogP contribution in [0.1, 0.15) is 17.4 Å². The molecular weight excluding hydrogens is 198 g/mol. The maximum absolute atomic E-state index is 11.5. The van der Waals surface area contributed by atoms with E-state index in [0.29, 0.717) is 5.65 Å². The van der Waals surface area contributed by atoms with E-state index in [9.17, 15) is 9.59 Å². The van der Waals surface area contributed by atoms with Gasteiger partial charge in [-0.2, -0.15) is 0 Å². The maximum Gasteiger partial charge on any atom is 0.357 e. The number of aromatic nitrogens is 3. The standard InChI is InChI=1S/C9H9N3O3/c1-2-15-9(14)6-5-8(13)12-7(11-6)3-4-10-12/h3-5,10H,2H2,1H3. The van der Waals surface area contributed by atoms with E-state index in [0.717, 1.165) is 6.07 Å². The van der Waals surface area contributed by atoms with Crippen LogP contribution in [0.4, 0.5) is 0 Å². The van der Waals surface area contributed by atoms with Crippen LogP contribution in [0.5, 0.6) is 0 Å². The third-order valence-electron chi connectivity index (χ3n) is 1.87. The average molecular weight is 207 g/mol. The molecule has 0 saturated heterocycles. The largest absolute Gasteiger partial charge is 0.461 e. The predicted octanol–water partition coefficient (Wildman–Crippen LogP) is 0.199. The summed E-state index contributed by atoms with van der Waals surface area (Å²) in [4.78, 5) is 26.7. The minimum Gasteiger partial charge on any atom is -0.461 e. The minimum absolute atomic E-state index is 0.0291. The van der Waals surface area contributed by atoms with Crippen molar-refractivity contribution in [3.05, 3.63) is 34.4 Å². The zero-order chi connectivity index (χ0) is 10.8. The van der Waals surface area contributed by atoms with Crippen molar-refractivity contribution in [1.29, 1.82) is 0 Å². The molecule has 0 fully saturated rings. The van der Waals surface area contributed by atoms with Crippen molar-refractivity contribution < 1.29 is 9.53 Å². The normalized spacial score (nSPS) is 10.5. The Morgan fingerprint density at radius 2 is 2.47 bits per heavy atom. The van der Waals surface area contributed by atoms with Crippen molar-refractivity contribution in [2.45, 2.75) is 6.92 Å². The Kier molecular flexibility index (Phi) is 2.24. The highest BCUT2D eigenvalue weighted by Crippen LogP contribution is 1.99. The van der Waals surface area contributed by atoms with Crippen LogP contribution in [-0.4, -0.2) is 27.2 Å². The maximum atomic E-state index is 11.5. The first-order valence-corrected chi connectivity index (χ1v) is 4.46. The van der Waals surface area contributed by atoms with Crippen LogP contribution in [0.3, 0.4) is 0 Å². The molecule has 0 aliphatic carbocycles. The molecule has 6 heteroatoms. The van der Waals surface area contributed by atoms with Crippen molar-refractivity contribution in [2.24, 2.45) is 0 Å². The van der Waals surface area contributed by atoms with Crippen molar-refractivity contribution in [2.75, 3.05) is 6.61 Å². The Hall–Kier alpha value is -2.11. The minimum atomic E-state index is -0.585. The number of rotatable bonds is 2. The Morgan fingerprint density at radius 3 is 3.20 bits per heavy atom. The summed E-state index contributed by atoms with van der Waals surface area (Å²) < 4.78 is 5.99. The van der Waals surface area contributed by atoms with E-state index < -0.39 is 5.97 Å². The third-order valence-corrected chi connectivity index (χ3v) is 1.87. The van der Waals surface area contributed by atoms with Crippen LogP contribution in [0.15, 0.2) is 23.1 Å². The highest BCUT2D eigenvalue weighted by atomic mass is 16.5.